The molecule has 0 saturated carbocycles. The van der Waals surface area contributed by atoms with Crippen molar-refractivity contribution in [2.24, 2.45) is 0 Å². The van der Waals surface area contributed by atoms with Crippen molar-refractivity contribution >= 4 is 16.7 Å². The van der Waals surface area contributed by atoms with Gasteiger partial charge >= 0.3 is 0 Å². The molecule has 0 spiro atoms. The second kappa shape index (κ2) is 5.60. The summed E-state index contributed by atoms with van der Waals surface area (Å²) in [7, 11) is 0. The number of benzene rings is 2. The van der Waals surface area contributed by atoms with Gasteiger partial charge in [0.15, 0.2) is 0 Å². The Kier molecular flexibility index (Phi) is 3.65. The standard InChI is InChI=1S/C18H21N3/c1-13-10-17-18(11-14(13)2)21(12-20-17)9-3-4-15-5-7-16(19)8-6-15/h5-8,10-12H,3-4,9,19H2,1-2H3. The Morgan fingerprint density at radius 1 is 1.05 bits per heavy atom. The molecule has 21 heavy (non-hydrogen) atoms. The molecule has 3 aromatic rings. The number of hydrogen-bond donors (Lipinski definition) is 1. The Balaban J connectivity index is 1.70. The Hall–Kier alpha value is -2.29. The predicted octanol–water partition coefficient (Wildman–Crippen LogP) is 3.87. The fourth-order valence-electron chi connectivity index (χ4n) is 2.63. The van der Waals surface area contributed by atoms with Crippen LogP contribution in [0.3, 0.4) is 0 Å². The predicted molar refractivity (Wildman–Crippen MR) is 88.4 cm³/mol. The average molecular weight is 279 g/mol. The van der Waals surface area contributed by atoms with Crippen LogP contribution in [0.1, 0.15) is 23.1 Å². The van der Waals surface area contributed by atoms with Crippen LogP contribution in [-0.4, -0.2) is 9.55 Å². The lowest BCUT2D eigenvalue weighted by Crippen LogP contribution is -1.98. The van der Waals surface area contributed by atoms with Gasteiger partial charge in [-0.2, -0.15) is 0 Å². The maximum Gasteiger partial charge on any atom is 0.0958 e. The third-order valence-corrected chi connectivity index (χ3v) is 4.08. The highest BCUT2D eigenvalue weighted by molar-refractivity contribution is 5.77. The van der Waals surface area contributed by atoms with Crippen molar-refractivity contribution in [3.05, 3.63) is 59.4 Å². The molecule has 3 heteroatoms. The number of nitrogen functional groups attached to an aromatic ring is 1. The van der Waals surface area contributed by atoms with Crippen LogP contribution in [0.5, 0.6) is 0 Å². The summed E-state index contributed by atoms with van der Waals surface area (Å²) in [6.07, 6.45) is 4.11. The van der Waals surface area contributed by atoms with E-state index in [0.717, 1.165) is 30.6 Å². The van der Waals surface area contributed by atoms with E-state index in [-0.39, 0.29) is 0 Å². The van der Waals surface area contributed by atoms with Gasteiger partial charge in [-0.25, -0.2) is 4.98 Å². The summed E-state index contributed by atoms with van der Waals surface area (Å²) in [6.45, 7) is 5.28. The Labute approximate surface area is 125 Å². The van der Waals surface area contributed by atoms with Gasteiger partial charge in [-0.15, -0.1) is 0 Å². The first-order chi connectivity index (χ1) is 10.1. The second-order valence-corrected chi connectivity index (χ2v) is 5.71. The molecule has 0 amide bonds. The second-order valence-electron chi connectivity index (χ2n) is 5.71. The number of nitrogens with two attached hydrogens (primary N) is 1. The zero-order valence-corrected chi connectivity index (χ0v) is 12.6. The van der Waals surface area contributed by atoms with Crippen molar-refractivity contribution in [3.63, 3.8) is 0 Å². The fraction of sp³-hybridized carbons (Fsp3) is 0.278. The van der Waals surface area contributed by atoms with Crippen LogP contribution in [0.15, 0.2) is 42.7 Å². The number of hydrogen-bond acceptors (Lipinski definition) is 2. The third kappa shape index (κ3) is 2.92. The first kappa shape index (κ1) is 13.7. The van der Waals surface area contributed by atoms with E-state index >= 15 is 0 Å². The summed E-state index contributed by atoms with van der Waals surface area (Å²) < 4.78 is 2.25. The Morgan fingerprint density at radius 2 is 1.76 bits per heavy atom. The molecule has 2 aromatic carbocycles. The summed E-state index contributed by atoms with van der Waals surface area (Å²) in [4.78, 5) is 4.50. The minimum absolute atomic E-state index is 0.824. The van der Waals surface area contributed by atoms with Crippen molar-refractivity contribution in [2.45, 2.75) is 33.2 Å². The maximum absolute atomic E-state index is 5.71. The van der Waals surface area contributed by atoms with Crippen LogP contribution < -0.4 is 5.73 Å². The van der Waals surface area contributed by atoms with E-state index in [4.69, 9.17) is 5.73 Å². The average Bonchev–Trinajstić information content (AvgIpc) is 2.84. The van der Waals surface area contributed by atoms with Gasteiger partial charge < -0.3 is 10.3 Å². The van der Waals surface area contributed by atoms with Crippen LogP contribution in [0, 0.1) is 13.8 Å². The highest BCUT2D eigenvalue weighted by Gasteiger charge is 2.05. The summed E-state index contributed by atoms with van der Waals surface area (Å²) in [5.41, 5.74) is 12.8. The van der Waals surface area contributed by atoms with Crippen LogP contribution in [0.4, 0.5) is 5.69 Å². The van der Waals surface area contributed by atoms with Gasteiger partial charge in [0.1, 0.15) is 0 Å². The first-order valence-electron chi connectivity index (χ1n) is 7.40. The van der Waals surface area contributed by atoms with Gasteiger partial charge in [-0.1, -0.05) is 12.1 Å². The molecule has 3 rings (SSSR count). The summed E-state index contributed by atoms with van der Waals surface area (Å²) in [6, 6.07) is 12.5. The largest absolute Gasteiger partial charge is 0.399 e. The normalized spacial score (nSPS) is 11.1. The van der Waals surface area contributed by atoms with Gasteiger partial charge in [0.25, 0.3) is 0 Å². The number of fused-ring (bicyclic) bond motifs is 1. The van der Waals surface area contributed by atoms with Gasteiger partial charge in [0.05, 0.1) is 17.4 Å². The van der Waals surface area contributed by atoms with Gasteiger partial charge in [-0.3, -0.25) is 0 Å². The van der Waals surface area contributed by atoms with Gasteiger partial charge in [0.2, 0.25) is 0 Å². The topological polar surface area (TPSA) is 43.8 Å². The number of anilines is 1. The molecule has 0 aliphatic rings. The van der Waals surface area contributed by atoms with E-state index in [0.29, 0.717) is 0 Å². The molecule has 0 fully saturated rings. The summed E-state index contributed by atoms with van der Waals surface area (Å²) in [5, 5.41) is 0. The lowest BCUT2D eigenvalue weighted by atomic mass is 10.1. The smallest absolute Gasteiger partial charge is 0.0958 e. The van der Waals surface area contributed by atoms with Crippen molar-refractivity contribution < 1.29 is 0 Å². The van der Waals surface area contributed by atoms with E-state index in [9.17, 15) is 0 Å². The quantitative estimate of drug-likeness (QED) is 0.737. The van der Waals surface area contributed by atoms with E-state index in [1.54, 1.807) is 0 Å². The third-order valence-electron chi connectivity index (χ3n) is 4.08. The van der Waals surface area contributed by atoms with Crippen LogP contribution >= 0.6 is 0 Å². The molecule has 0 unspecified atom stereocenters. The minimum atomic E-state index is 0.824. The Bertz CT molecular complexity index is 754. The van der Waals surface area contributed by atoms with Gasteiger partial charge in [0, 0.05) is 12.2 Å². The number of nitrogens with zero attached hydrogens (tertiary/aromatic N) is 2. The first-order valence-corrected chi connectivity index (χ1v) is 7.40. The van der Waals surface area contributed by atoms with Gasteiger partial charge in [-0.05, 0) is 67.6 Å². The minimum Gasteiger partial charge on any atom is -0.399 e. The molecule has 0 atom stereocenters. The molecule has 0 aliphatic carbocycles. The molecule has 2 N–H and O–H groups in total. The number of rotatable bonds is 4. The van der Waals surface area contributed by atoms with E-state index in [1.807, 2.05) is 18.5 Å². The Morgan fingerprint density at radius 3 is 2.52 bits per heavy atom. The highest BCUT2D eigenvalue weighted by atomic mass is 15.0. The highest BCUT2D eigenvalue weighted by Crippen LogP contribution is 2.19. The van der Waals surface area contributed by atoms with E-state index < -0.39 is 0 Å². The molecular weight excluding hydrogens is 258 g/mol. The van der Waals surface area contributed by atoms with Crippen molar-refractivity contribution in [1.82, 2.24) is 9.55 Å². The molecule has 1 aromatic heterocycles. The molecule has 0 bridgehead atoms. The monoisotopic (exact) mass is 279 g/mol. The zero-order valence-electron chi connectivity index (χ0n) is 12.6. The van der Waals surface area contributed by atoms with Crippen molar-refractivity contribution in [1.29, 1.82) is 0 Å². The lowest BCUT2D eigenvalue weighted by molar-refractivity contribution is 0.657. The van der Waals surface area contributed by atoms with E-state index in [2.05, 4.69) is 47.7 Å². The molecule has 0 aliphatic heterocycles. The number of aryl methyl sites for hydroxylation is 4. The summed E-state index contributed by atoms with van der Waals surface area (Å²) in [5.74, 6) is 0. The molecule has 0 saturated heterocycles. The molecular formula is C18H21N3. The molecule has 108 valence electrons. The number of aromatic nitrogens is 2. The van der Waals surface area contributed by atoms with Crippen LogP contribution in [0.25, 0.3) is 11.0 Å². The van der Waals surface area contributed by atoms with Crippen LogP contribution in [0.2, 0.25) is 0 Å². The van der Waals surface area contributed by atoms with Crippen molar-refractivity contribution in [2.75, 3.05) is 5.73 Å². The molecule has 3 nitrogen and oxygen atoms in total. The van der Waals surface area contributed by atoms with E-state index in [1.165, 1.54) is 22.2 Å². The lowest BCUT2D eigenvalue weighted by Gasteiger charge is -2.06. The summed E-state index contributed by atoms with van der Waals surface area (Å²) >= 11 is 0. The molecule has 0 radical (unpaired) electrons. The van der Waals surface area contributed by atoms with Crippen LogP contribution in [-0.2, 0) is 13.0 Å². The van der Waals surface area contributed by atoms with Crippen molar-refractivity contribution in [3.8, 4) is 0 Å². The number of imidazole rings is 1. The fourth-order valence-corrected chi connectivity index (χ4v) is 2.63. The SMILES string of the molecule is Cc1cc2ncn(CCCc3ccc(N)cc3)c2cc1C. The molecule has 1 heterocycles. The maximum atomic E-state index is 5.71. The zero-order chi connectivity index (χ0) is 14.8.